The van der Waals surface area contributed by atoms with E-state index in [1.165, 1.54) is 11.1 Å². The first-order valence-electron chi connectivity index (χ1n) is 8.75. The average Bonchev–Trinajstić information content (AvgIpc) is 2.98. The van der Waals surface area contributed by atoms with Crippen LogP contribution in [0.4, 0.5) is 0 Å². The van der Waals surface area contributed by atoms with Gasteiger partial charge in [0.05, 0.1) is 6.54 Å². The van der Waals surface area contributed by atoms with E-state index in [4.69, 9.17) is 0 Å². The lowest BCUT2D eigenvalue weighted by Gasteiger charge is -2.12. The third-order valence-corrected chi connectivity index (χ3v) is 4.05. The van der Waals surface area contributed by atoms with E-state index in [0.717, 1.165) is 44.3 Å². The number of nitrogens with one attached hydrogen (secondary N) is 2. The molecule has 0 aliphatic rings. The van der Waals surface area contributed by atoms with E-state index in [2.05, 4.69) is 63.3 Å². The van der Waals surface area contributed by atoms with E-state index in [9.17, 15) is 0 Å². The summed E-state index contributed by atoms with van der Waals surface area (Å²) in [5.41, 5.74) is 2.55. The van der Waals surface area contributed by atoms with Crippen LogP contribution in [0.5, 0.6) is 0 Å². The Morgan fingerprint density at radius 1 is 1.16 bits per heavy atom. The van der Waals surface area contributed by atoms with Crippen molar-refractivity contribution in [2.24, 2.45) is 4.99 Å². The van der Waals surface area contributed by atoms with Crippen molar-refractivity contribution in [3.8, 4) is 0 Å². The van der Waals surface area contributed by atoms with E-state index in [-0.39, 0.29) is 24.0 Å². The Morgan fingerprint density at radius 3 is 2.64 bits per heavy atom. The number of rotatable bonds is 8. The van der Waals surface area contributed by atoms with Crippen molar-refractivity contribution in [1.82, 2.24) is 20.2 Å². The lowest BCUT2D eigenvalue weighted by atomic mass is 10.1. The molecule has 138 valence electrons. The van der Waals surface area contributed by atoms with E-state index in [1.54, 1.807) is 0 Å². The Morgan fingerprint density at radius 2 is 1.96 bits per heavy atom. The van der Waals surface area contributed by atoms with Crippen LogP contribution < -0.4 is 10.6 Å². The van der Waals surface area contributed by atoms with Crippen LogP contribution in [0.15, 0.2) is 41.7 Å². The van der Waals surface area contributed by atoms with Crippen LogP contribution in [-0.4, -0.2) is 28.6 Å². The number of aryl methyl sites for hydroxylation is 3. The number of halogens is 1. The second-order valence-corrected chi connectivity index (χ2v) is 5.92. The maximum atomic E-state index is 4.69. The summed E-state index contributed by atoms with van der Waals surface area (Å²) in [4.78, 5) is 8.93. The minimum atomic E-state index is 0. The van der Waals surface area contributed by atoms with Gasteiger partial charge >= 0.3 is 0 Å². The molecule has 0 fully saturated rings. The first-order valence-corrected chi connectivity index (χ1v) is 8.75. The lowest BCUT2D eigenvalue weighted by molar-refractivity contribution is 0.588. The standard InChI is InChI=1S/C19H29N5.HI/c1-4-20-19(23-15-18-10-6-5-9-16(18)2)22-11-7-8-13-24-14-12-21-17(24)3;/h5-6,9-10,12,14H,4,7-8,11,13,15H2,1-3H3,(H2,20,22,23);1H. The molecule has 0 saturated heterocycles. The highest BCUT2D eigenvalue weighted by atomic mass is 127. The maximum absolute atomic E-state index is 4.69. The maximum Gasteiger partial charge on any atom is 0.191 e. The van der Waals surface area contributed by atoms with E-state index < -0.39 is 0 Å². The van der Waals surface area contributed by atoms with Crippen LogP contribution in [0, 0.1) is 13.8 Å². The fourth-order valence-electron chi connectivity index (χ4n) is 2.55. The molecule has 6 heteroatoms. The van der Waals surface area contributed by atoms with Gasteiger partial charge in [0, 0.05) is 32.0 Å². The third kappa shape index (κ3) is 7.46. The fraction of sp³-hybridized carbons (Fsp3) is 0.474. The molecule has 2 rings (SSSR count). The van der Waals surface area contributed by atoms with Gasteiger partial charge in [-0.05, 0) is 44.7 Å². The molecule has 5 nitrogen and oxygen atoms in total. The molecule has 1 aromatic heterocycles. The highest BCUT2D eigenvalue weighted by Crippen LogP contribution is 2.07. The van der Waals surface area contributed by atoms with Crippen molar-refractivity contribution >= 4 is 29.9 Å². The van der Waals surface area contributed by atoms with Crippen molar-refractivity contribution in [1.29, 1.82) is 0 Å². The quantitative estimate of drug-likeness (QED) is 0.277. The molecule has 0 bridgehead atoms. The number of aliphatic imine (C=N–C) groups is 1. The smallest absolute Gasteiger partial charge is 0.191 e. The molecule has 1 heterocycles. The molecule has 0 aliphatic carbocycles. The molecule has 0 radical (unpaired) electrons. The number of imidazole rings is 1. The molecule has 2 N–H and O–H groups in total. The normalized spacial score (nSPS) is 11.1. The van der Waals surface area contributed by atoms with Gasteiger partial charge in [-0.2, -0.15) is 0 Å². The topological polar surface area (TPSA) is 54.2 Å². The molecule has 25 heavy (non-hydrogen) atoms. The number of hydrogen-bond donors (Lipinski definition) is 2. The second-order valence-electron chi connectivity index (χ2n) is 5.92. The van der Waals surface area contributed by atoms with Crippen LogP contribution in [0.3, 0.4) is 0 Å². The van der Waals surface area contributed by atoms with Gasteiger partial charge in [0.2, 0.25) is 0 Å². The molecular weight excluding hydrogens is 425 g/mol. The van der Waals surface area contributed by atoms with Gasteiger partial charge in [0.25, 0.3) is 0 Å². The summed E-state index contributed by atoms with van der Waals surface area (Å²) in [5, 5.41) is 6.73. The third-order valence-electron chi connectivity index (χ3n) is 4.05. The Kier molecular flexibility index (Phi) is 10.2. The Labute approximate surface area is 168 Å². The van der Waals surface area contributed by atoms with E-state index >= 15 is 0 Å². The average molecular weight is 455 g/mol. The zero-order valence-corrected chi connectivity index (χ0v) is 17.8. The molecule has 0 amide bonds. The van der Waals surface area contributed by atoms with Crippen molar-refractivity contribution < 1.29 is 0 Å². The summed E-state index contributed by atoms with van der Waals surface area (Å²) in [5.74, 6) is 1.97. The van der Waals surface area contributed by atoms with Gasteiger partial charge < -0.3 is 15.2 Å². The Bertz CT molecular complexity index is 651. The highest BCUT2D eigenvalue weighted by Gasteiger charge is 2.00. The second kappa shape index (κ2) is 11.9. The van der Waals surface area contributed by atoms with Crippen molar-refractivity contribution in [3.63, 3.8) is 0 Å². The van der Waals surface area contributed by atoms with Crippen molar-refractivity contribution in [2.45, 2.75) is 46.7 Å². The predicted molar refractivity (Wildman–Crippen MR) is 116 cm³/mol. The molecule has 1 aromatic carbocycles. The van der Waals surface area contributed by atoms with Gasteiger partial charge in [0.15, 0.2) is 5.96 Å². The summed E-state index contributed by atoms with van der Waals surface area (Å²) >= 11 is 0. The number of nitrogens with zero attached hydrogens (tertiary/aromatic N) is 3. The van der Waals surface area contributed by atoms with Crippen molar-refractivity contribution in [3.05, 3.63) is 53.6 Å². The monoisotopic (exact) mass is 455 g/mol. The molecule has 0 atom stereocenters. The number of guanidine groups is 1. The molecule has 0 unspecified atom stereocenters. The lowest BCUT2D eigenvalue weighted by Crippen LogP contribution is -2.37. The molecule has 0 aliphatic heterocycles. The summed E-state index contributed by atoms with van der Waals surface area (Å²) in [6, 6.07) is 8.39. The van der Waals surface area contributed by atoms with Gasteiger partial charge in [-0.1, -0.05) is 24.3 Å². The first-order chi connectivity index (χ1) is 11.7. The molecule has 0 spiro atoms. The van der Waals surface area contributed by atoms with Gasteiger partial charge in [-0.25, -0.2) is 9.98 Å². The predicted octanol–water partition coefficient (Wildman–Crippen LogP) is 3.65. The van der Waals surface area contributed by atoms with Crippen LogP contribution in [0.2, 0.25) is 0 Å². The minimum Gasteiger partial charge on any atom is -0.357 e. The van der Waals surface area contributed by atoms with Crippen molar-refractivity contribution in [2.75, 3.05) is 13.1 Å². The van der Waals surface area contributed by atoms with E-state index in [0.29, 0.717) is 6.54 Å². The zero-order chi connectivity index (χ0) is 17.2. The number of hydrogen-bond acceptors (Lipinski definition) is 2. The van der Waals surface area contributed by atoms with Gasteiger partial charge in [-0.3, -0.25) is 0 Å². The molecule has 0 saturated carbocycles. The van der Waals surface area contributed by atoms with Crippen LogP contribution in [0.25, 0.3) is 0 Å². The number of benzene rings is 1. The minimum absolute atomic E-state index is 0. The van der Waals surface area contributed by atoms with Crippen LogP contribution in [0.1, 0.15) is 36.7 Å². The Balaban J connectivity index is 0.00000312. The summed E-state index contributed by atoms with van der Waals surface area (Å²) in [7, 11) is 0. The SMILES string of the molecule is CCNC(=NCc1ccccc1C)NCCCCn1ccnc1C.I. The molecule has 2 aromatic rings. The zero-order valence-electron chi connectivity index (χ0n) is 15.5. The van der Waals surface area contributed by atoms with E-state index in [1.807, 2.05) is 19.3 Å². The van der Waals surface area contributed by atoms with Crippen LogP contribution in [-0.2, 0) is 13.1 Å². The summed E-state index contributed by atoms with van der Waals surface area (Å²) in [6.45, 7) is 9.78. The fourth-order valence-corrected chi connectivity index (χ4v) is 2.55. The van der Waals surface area contributed by atoms with Crippen LogP contribution >= 0.6 is 24.0 Å². The van der Waals surface area contributed by atoms with Gasteiger partial charge in [-0.15, -0.1) is 24.0 Å². The number of aromatic nitrogens is 2. The first kappa shape index (κ1) is 21.5. The molecular formula is C19H30IN5. The highest BCUT2D eigenvalue weighted by molar-refractivity contribution is 14.0. The summed E-state index contributed by atoms with van der Waals surface area (Å²) in [6.07, 6.45) is 6.12. The summed E-state index contributed by atoms with van der Waals surface area (Å²) < 4.78 is 2.19. The van der Waals surface area contributed by atoms with Gasteiger partial charge in [0.1, 0.15) is 5.82 Å². The largest absolute Gasteiger partial charge is 0.357 e. The Hall–Kier alpha value is -1.57. The number of unbranched alkanes of at least 4 members (excludes halogenated alkanes) is 1.